The van der Waals surface area contributed by atoms with Gasteiger partial charge in [0.25, 0.3) is 5.91 Å². The summed E-state index contributed by atoms with van der Waals surface area (Å²) in [5.74, 6) is -1.14. The van der Waals surface area contributed by atoms with Gasteiger partial charge in [-0.15, -0.1) is 0 Å². The number of ether oxygens (including phenoxy) is 1. The molecular weight excluding hydrogens is 414 g/mol. The Morgan fingerprint density at radius 3 is 2.31 bits per heavy atom. The van der Waals surface area contributed by atoms with Gasteiger partial charge in [0.05, 0.1) is 12.6 Å². The summed E-state index contributed by atoms with van der Waals surface area (Å²) in [7, 11) is 1.42. The van der Waals surface area contributed by atoms with E-state index in [-0.39, 0.29) is 47.5 Å². The van der Waals surface area contributed by atoms with Gasteiger partial charge in [-0.3, -0.25) is 19.2 Å². The van der Waals surface area contributed by atoms with E-state index in [4.69, 9.17) is 9.26 Å². The summed E-state index contributed by atoms with van der Waals surface area (Å²) < 4.78 is 9.96. The maximum atomic E-state index is 12.8. The average Bonchev–Trinajstić information content (AvgIpc) is 3.32. The van der Waals surface area contributed by atoms with Gasteiger partial charge in [-0.1, -0.05) is 32.9 Å². The molecule has 9 heteroatoms. The number of aryl methyl sites for hydroxylation is 1. The number of methoxy groups -OCH3 is 1. The Labute approximate surface area is 189 Å². The van der Waals surface area contributed by atoms with Crippen LogP contribution in [-0.4, -0.2) is 54.3 Å². The fourth-order valence-electron chi connectivity index (χ4n) is 3.50. The molecule has 0 bridgehead atoms. The average molecular weight is 450 g/mol. The number of hydrogen-bond acceptors (Lipinski definition) is 7. The molecule has 2 amide bonds. The van der Waals surface area contributed by atoms with E-state index in [1.54, 1.807) is 13.8 Å². The van der Waals surface area contributed by atoms with Gasteiger partial charge in [0.2, 0.25) is 5.91 Å². The highest BCUT2D eigenvalue weighted by Crippen LogP contribution is 2.47. The summed E-state index contributed by atoms with van der Waals surface area (Å²) in [4.78, 5) is 50.8. The lowest BCUT2D eigenvalue weighted by Gasteiger charge is -2.24. The first kappa shape index (κ1) is 25.7. The molecule has 0 aromatic carbocycles. The van der Waals surface area contributed by atoms with Gasteiger partial charge in [0.15, 0.2) is 17.3 Å². The van der Waals surface area contributed by atoms with Crippen molar-refractivity contribution in [2.45, 2.75) is 72.4 Å². The second kappa shape index (κ2) is 10.8. The van der Waals surface area contributed by atoms with Crippen LogP contribution in [0.15, 0.2) is 10.6 Å². The summed E-state index contributed by atoms with van der Waals surface area (Å²) >= 11 is 0. The van der Waals surface area contributed by atoms with E-state index in [1.165, 1.54) is 13.2 Å². The van der Waals surface area contributed by atoms with Crippen LogP contribution in [0, 0.1) is 24.2 Å². The molecule has 178 valence electrons. The predicted molar refractivity (Wildman–Crippen MR) is 117 cm³/mol. The van der Waals surface area contributed by atoms with Crippen LogP contribution in [0.5, 0.6) is 0 Å². The van der Waals surface area contributed by atoms with Gasteiger partial charge >= 0.3 is 0 Å². The number of aromatic nitrogens is 1. The lowest BCUT2D eigenvalue weighted by Crippen LogP contribution is -2.48. The van der Waals surface area contributed by atoms with Crippen LogP contribution in [0.3, 0.4) is 0 Å². The van der Waals surface area contributed by atoms with Crippen molar-refractivity contribution in [3.63, 3.8) is 0 Å². The normalized spacial score (nSPS) is 17.3. The van der Waals surface area contributed by atoms with E-state index in [2.05, 4.69) is 15.8 Å². The second-order valence-electron chi connectivity index (χ2n) is 9.49. The SMILES string of the molecule is COC[C@H](NC(=O)c1cc(C)on1)C(=O)C[C@@H](C)C(=O)N[C@@H](CC(C)C)C(=O)C1(C)CC1. The summed E-state index contributed by atoms with van der Waals surface area (Å²) in [5.41, 5.74) is -0.287. The highest BCUT2D eigenvalue weighted by atomic mass is 16.5. The van der Waals surface area contributed by atoms with Gasteiger partial charge in [0.1, 0.15) is 11.8 Å². The van der Waals surface area contributed by atoms with Gasteiger partial charge in [-0.05, 0) is 32.1 Å². The minimum atomic E-state index is -0.932. The number of carbonyl (C=O) groups excluding carboxylic acids is 4. The second-order valence-corrected chi connectivity index (χ2v) is 9.49. The third kappa shape index (κ3) is 6.98. The zero-order valence-corrected chi connectivity index (χ0v) is 19.8. The zero-order chi connectivity index (χ0) is 24.1. The first-order valence-electron chi connectivity index (χ1n) is 11.1. The Hall–Kier alpha value is -2.55. The van der Waals surface area contributed by atoms with Crippen LogP contribution in [0.1, 0.15) is 69.6 Å². The molecule has 1 aliphatic carbocycles. The maximum Gasteiger partial charge on any atom is 0.274 e. The largest absolute Gasteiger partial charge is 0.382 e. The van der Waals surface area contributed by atoms with Crippen molar-refractivity contribution < 1.29 is 28.4 Å². The molecule has 1 heterocycles. The number of Topliss-reactive ketones (excluding diaryl/α,β-unsaturated/α-hetero) is 2. The van der Waals surface area contributed by atoms with Crippen LogP contribution in [0.25, 0.3) is 0 Å². The first-order valence-corrected chi connectivity index (χ1v) is 11.1. The Morgan fingerprint density at radius 2 is 1.81 bits per heavy atom. The van der Waals surface area contributed by atoms with E-state index < -0.39 is 23.9 Å². The Bertz CT molecular complexity index is 843. The monoisotopic (exact) mass is 449 g/mol. The molecule has 1 aromatic rings. The number of ketones is 2. The number of rotatable bonds is 13. The van der Waals surface area contributed by atoms with E-state index in [9.17, 15) is 19.2 Å². The number of nitrogens with zero attached hydrogens (tertiary/aromatic N) is 1. The van der Waals surface area contributed by atoms with Gasteiger partial charge in [-0.25, -0.2) is 0 Å². The van der Waals surface area contributed by atoms with E-state index in [0.29, 0.717) is 12.2 Å². The molecular formula is C23H35N3O6. The Morgan fingerprint density at radius 1 is 1.16 bits per heavy atom. The summed E-state index contributed by atoms with van der Waals surface area (Å²) in [6.07, 6.45) is 2.14. The third-order valence-corrected chi connectivity index (χ3v) is 5.78. The molecule has 0 aliphatic heterocycles. The standard InChI is InChI=1S/C23H35N3O6/c1-13(2)9-16(20(28)23(5)7-8-23)24-21(29)14(3)10-19(27)18(12-31-6)25-22(30)17-11-15(4)32-26-17/h11,13-14,16,18H,7-10,12H2,1-6H3,(H,24,29)(H,25,30)/t14-,16+,18+/m1/s1. The van der Waals surface area contributed by atoms with Crippen LogP contribution in [-0.2, 0) is 19.1 Å². The molecule has 2 rings (SSSR count). The highest BCUT2D eigenvalue weighted by Gasteiger charge is 2.47. The van der Waals surface area contributed by atoms with Gasteiger partial charge < -0.3 is 19.9 Å². The Kier molecular flexibility index (Phi) is 8.72. The minimum absolute atomic E-state index is 0.0391. The first-order chi connectivity index (χ1) is 15.0. The van der Waals surface area contributed by atoms with Crippen molar-refractivity contribution in [1.29, 1.82) is 0 Å². The molecule has 1 aliphatic rings. The quantitative estimate of drug-likeness (QED) is 0.473. The zero-order valence-electron chi connectivity index (χ0n) is 19.8. The summed E-state index contributed by atoms with van der Waals surface area (Å²) in [6, 6.07) is -0.0259. The molecule has 32 heavy (non-hydrogen) atoms. The summed E-state index contributed by atoms with van der Waals surface area (Å²) in [5, 5.41) is 9.08. The van der Waals surface area contributed by atoms with Crippen LogP contribution < -0.4 is 10.6 Å². The molecule has 2 N–H and O–H groups in total. The van der Waals surface area contributed by atoms with Gasteiger partial charge in [0, 0.05) is 30.9 Å². The molecule has 0 spiro atoms. The fraction of sp³-hybridized carbons (Fsp3) is 0.696. The van der Waals surface area contributed by atoms with Crippen LogP contribution in [0.2, 0.25) is 0 Å². The smallest absolute Gasteiger partial charge is 0.274 e. The van der Waals surface area contributed by atoms with Crippen molar-refractivity contribution in [2.24, 2.45) is 17.3 Å². The molecule has 1 fully saturated rings. The Balaban J connectivity index is 1.98. The van der Waals surface area contributed by atoms with E-state index in [0.717, 1.165) is 12.8 Å². The van der Waals surface area contributed by atoms with Crippen molar-refractivity contribution in [3.8, 4) is 0 Å². The molecule has 3 atom stereocenters. The molecule has 0 unspecified atom stereocenters. The molecule has 1 aromatic heterocycles. The molecule has 0 radical (unpaired) electrons. The maximum absolute atomic E-state index is 12.8. The lowest BCUT2D eigenvalue weighted by atomic mass is 9.90. The molecule has 1 saturated carbocycles. The topological polar surface area (TPSA) is 128 Å². The van der Waals surface area contributed by atoms with Crippen LogP contribution >= 0.6 is 0 Å². The van der Waals surface area contributed by atoms with Crippen molar-refractivity contribution in [1.82, 2.24) is 15.8 Å². The molecule has 9 nitrogen and oxygen atoms in total. The third-order valence-electron chi connectivity index (χ3n) is 5.78. The van der Waals surface area contributed by atoms with E-state index in [1.807, 2.05) is 20.8 Å². The van der Waals surface area contributed by atoms with Crippen molar-refractivity contribution in [2.75, 3.05) is 13.7 Å². The molecule has 0 saturated heterocycles. The van der Waals surface area contributed by atoms with Gasteiger partial charge in [-0.2, -0.15) is 0 Å². The summed E-state index contributed by atoms with van der Waals surface area (Å²) in [6.45, 7) is 9.18. The number of nitrogens with one attached hydrogen (secondary N) is 2. The predicted octanol–water partition coefficient (Wildman–Crippen LogP) is 2.22. The number of carbonyl (C=O) groups is 4. The van der Waals surface area contributed by atoms with Crippen molar-refractivity contribution >= 4 is 23.4 Å². The van der Waals surface area contributed by atoms with Crippen molar-refractivity contribution in [3.05, 3.63) is 17.5 Å². The highest BCUT2D eigenvalue weighted by molar-refractivity contribution is 5.98. The number of amides is 2. The van der Waals surface area contributed by atoms with E-state index >= 15 is 0 Å². The number of hydrogen-bond donors (Lipinski definition) is 2. The lowest BCUT2D eigenvalue weighted by molar-refractivity contribution is -0.134. The fourth-order valence-corrected chi connectivity index (χ4v) is 3.50. The van der Waals surface area contributed by atoms with Crippen LogP contribution in [0.4, 0.5) is 0 Å². The minimum Gasteiger partial charge on any atom is -0.382 e.